The number of halogens is 3. The smallest absolute Gasteiger partial charge is 0.406 e. The number of alkyl halides is 3. The number of H-pyrrole nitrogens is 1. The summed E-state index contributed by atoms with van der Waals surface area (Å²) in [5, 5.41) is 8.70. The van der Waals surface area contributed by atoms with Gasteiger partial charge in [-0.15, -0.1) is 24.5 Å². The van der Waals surface area contributed by atoms with Gasteiger partial charge < -0.3 is 20.4 Å². The molecule has 10 heteroatoms. The van der Waals surface area contributed by atoms with E-state index in [4.69, 9.17) is 0 Å². The maximum absolute atomic E-state index is 12.6. The van der Waals surface area contributed by atoms with Crippen LogP contribution < -0.4 is 15.4 Å². The number of carbonyl (C=O) groups excluding carboxylic acids is 1. The van der Waals surface area contributed by atoms with Crippen LogP contribution in [0.3, 0.4) is 0 Å². The van der Waals surface area contributed by atoms with Crippen LogP contribution in [0.2, 0.25) is 0 Å². The topological polar surface area (TPSA) is 79.0 Å². The number of carbonyl (C=O) groups is 1. The Morgan fingerprint density at radius 2 is 1.97 bits per heavy atom. The van der Waals surface area contributed by atoms with Gasteiger partial charge in [-0.05, 0) is 53.4 Å². The van der Waals surface area contributed by atoms with Gasteiger partial charge >= 0.3 is 6.36 Å². The largest absolute Gasteiger partial charge is 0.573 e. The molecule has 3 aromatic heterocycles. The average Bonchev–Trinajstić information content (AvgIpc) is 3.33. The Bertz CT molecular complexity index is 1170. The zero-order chi connectivity index (χ0) is 21.1. The number of amides is 1. The van der Waals surface area contributed by atoms with Crippen molar-refractivity contribution < 1.29 is 22.7 Å². The molecule has 0 bridgehead atoms. The number of hydrogen-bond acceptors (Lipinski definition) is 5. The summed E-state index contributed by atoms with van der Waals surface area (Å²) in [6.07, 6.45) is -1.19. The number of rotatable bonds is 6. The second kappa shape index (κ2) is 8.07. The van der Waals surface area contributed by atoms with Gasteiger partial charge in [0, 0.05) is 30.0 Å². The molecule has 3 heterocycles. The normalized spacial score (nSPS) is 11.4. The lowest BCUT2D eigenvalue weighted by Gasteiger charge is -2.10. The Morgan fingerprint density at radius 3 is 2.73 bits per heavy atom. The standard InChI is InChI=1S/C20H15F3N4O2S/c21-20(22,23)29-14-5-3-13(4-6-14)27-19(28)17-16(7-9-30-17)25-10-12-11-26-18-15(12)2-1-8-24-18/h1-9,11,25H,10H2,(H,24,26)(H,27,28). The van der Waals surface area contributed by atoms with Gasteiger partial charge in [0.2, 0.25) is 0 Å². The maximum atomic E-state index is 12.6. The Balaban J connectivity index is 1.41. The highest BCUT2D eigenvalue weighted by molar-refractivity contribution is 7.12. The summed E-state index contributed by atoms with van der Waals surface area (Å²) in [6.45, 7) is 0.492. The van der Waals surface area contributed by atoms with Gasteiger partial charge in [-0.25, -0.2) is 4.98 Å². The van der Waals surface area contributed by atoms with Crippen molar-refractivity contribution >= 4 is 39.7 Å². The van der Waals surface area contributed by atoms with Crippen LogP contribution in [-0.4, -0.2) is 22.2 Å². The van der Waals surface area contributed by atoms with Crippen molar-refractivity contribution in [2.24, 2.45) is 0 Å². The minimum absolute atomic E-state index is 0.354. The molecule has 0 aliphatic heterocycles. The van der Waals surface area contributed by atoms with Crippen molar-refractivity contribution in [1.29, 1.82) is 0 Å². The molecule has 0 fully saturated rings. The number of ether oxygens (including phenoxy) is 1. The lowest BCUT2D eigenvalue weighted by molar-refractivity contribution is -0.274. The molecule has 0 aliphatic rings. The first-order valence-corrected chi connectivity index (χ1v) is 9.66. The Morgan fingerprint density at radius 1 is 1.17 bits per heavy atom. The van der Waals surface area contributed by atoms with Crippen LogP contribution in [0.4, 0.5) is 24.5 Å². The van der Waals surface area contributed by atoms with Gasteiger partial charge in [-0.1, -0.05) is 0 Å². The first-order valence-electron chi connectivity index (χ1n) is 8.78. The second-order valence-electron chi connectivity index (χ2n) is 6.26. The number of fused-ring (bicyclic) bond motifs is 1. The highest BCUT2D eigenvalue weighted by atomic mass is 32.1. The summed E-state index contributed by atoms with van der Waals surface area (Å²) >= 11 is 1.26. The SMILES string of the molecule is O=C(Nc1ccc(OC(F)(F)F)cc1)c1sccc1NCc1c[nH]c2ncccc12. The van der Waals surface area contributed by atoms with E-state index in [1.54, 1.807) is 17.6 Å². The van der Waals surface area contributed by atoms with Crippen LogP contribution in [0.1, 0.15) is 15.2 Å². The minimum Gasteiger partial charge on any atom is -0.406 e. The molecule has 0 saturated carbocycles. The van der Waals surface area contributed by atoms with E-state index < -0.39 is 6.36 Å². The van der Waals surface area contributed by atoms with E-state index in [0.717, 1.165) is 28.7 Å². The van der Waals surface area contributed by atoms with E-state index in [2.05, 4.69) is 25.3 Å². The number of pyridine rings is 1. The van der Waals surface area contributed by atoms with E-state index in [-0.39, 0.29) is 11.7 Å². The van der Waals surface area contributed by atoms with Gasteiger partial charge in [0.15, 0.2) is 0 Å². The lowest BCUT2D eigenvalue weighted by Crippen LogP contribution is -2.17. The molecular formula is C20H15F3N4O2S. The molecule has 4 aromatic rings. The maximum Gasteiger partial charge on any atom is 0.573 e. The second-order valence-corrected chi connectivity index (χ2v) is 7.17. The van der Waals surface area contributed by atoms with Crippen LogP contribution >= 0.6 is 11.3 Å². The fourth-order valence-corrected chi connectivity index (χ4v) is 3.67. The lowest BCUT2D eigenvalue weighted by atomic mass is 10.2. The molecule has 0 atom stereocenters. The van der Waals surface area contributed by atoms with Gasteiger partial charge in [0.25, 0.3) is 5.91 Å². The van der Waals surface area contributed by atoms with E-state index in [9.17, 15) is 18.0 Å². The predicted octanol–water partition coefficient (Wildman–Crippen LogP) is 5.39. The molecule has 30 heavy (non-hydrogen) atoms. The zero-order valence-electron chi connectivity index (χ0n) is 15.3. The molecule has 1 aromatic carbocycles. The molecular weight excluding hydrogens is 417 g/mol. The molecule has 0 aliphatic carbocycles. The summed E-state index contributed by atoms with van der Waals surface area (Å²) in [7, 11) is 0. The fourth-order valence-electron chi connectivity index (χ4n) is 2.90. The summed E-state index contributed by atoms with van der Waals surface area (Å²) in [4.78, 5) is 20.4. The van der Waals surface area contributed by atoms with Crippen molar-refractivity contribution in [1.82, 2.24) is 9.97 Å². The first kappa shape index (κ1) is 19.8. The highest BCUT2D eigenvalue weighted by Crippen LogP contribution is 2.27. The number of nitrogens with one attached hydrogen (secondary N) is 3. The number of benzene rings is 1. The molecule has 6 nitrogen and oxygen atoms in total. The Hall–Kier alpha value is -3.53. The van der Waals surface area contributed by atoms with E-state index in [1.165, 1.54) is 23.5 Å². The first-order chi connectivity index (χ1) is 14.4. The van der Waals surface area contributed by atoms with Gasteiger partial charge in [-0.3, -0.25) is 4.79 Å². The van der Waals surface area contributed by atoms with Gasteiger partial charge in [0.1, 0.15) is 16.3 Å². The number of aromatic amines is 1. The summed E-state index contributed by atoms with van der Waals surface area (Å²) in [5.74, 6) is -0.718. The average molecular weight is 432 g/mol. The molecule has 1 amide bonds. The quantitative estimate of drug-likeness (QED) is 0.382. The van der Waals surface area contributed by atoms with Crippen LogP contribution in [0.15, 0.2) is 60.2 Å². The minimum atomic E-state index is -4.76. The highest BCUT2D eigenvalue weighted by Gasteiger charge is 2.31. The Kier molecular flexibility index (Phi) is 5.32. The molecule has 0 spiro atoms. The molecule has 0 saturated heterocycles. The van der Waals surface area contributed by atoms with E-state index >= 15 is 0 Å². The number of aromatic nitrogens is 2. The summed E-state index contributed by atoms with van der Waals surface area (Å²) in [6, 6.07) is 10.6. The summed E-state index contributed by atoms with van der Waals surface area (Å²) < 4.78 is 40.5. The third-order valence-corrected chi connectivity index (χ3v) is 5.14. The molecule has 4 rings (SSSR count). The number of hydrogen-bond donors (Lipinski definition) is 3. The molecule has 154 valence electrons. The number of nitrogens with zero attached hydrogens (tertiary/aromatic N) is 1. The van der Waals surface area contributed by atoms with E-state index in [1.807, 2.05) is 18.3 Å². The molecule has 0 radical (unpaired) electrons. The number of anilines is 2. The molecule has 0 unspecified atom stereocenters. The van der Waals surface area contributed by atoms with E-state index in [0.29, 0.717) is 22.8 Å². The van der Waals surface area contributed by atoms with Crippen LogP contribution in [-0.2, 0) is 6.54 Å². The Labute approximate surface area is 172 Å². The van der Waals surface area contributed by atoms with Crippen molar-refractivity contribution in [2.75, 3.05) is 10.6 Å². The molecule has 3 N–H and O–H groups in total. The predicted molar refractivity (Wildman–Crippen MR) is 109 cm³/mol. The van der Waals surface area contributed by atoms with Crippen molar-refractivity contribution in [2.45, 2.75) is 12.9 Å². The fraction of sp³-hybridized carbons (Fsp3) is 0.100. The summed E-state index contributed by atoms with van der Waals surface area (Å²) in [5.41, 5.74) is 2.82. The van der Waals surface area contributed by atoms with Crippen molar-refractivity contribution in [3.05, 3.63) is 70.7 Å². The van der Waals surface area contributed by atoms with Crippen molar-refractivity contribution in [3.63, 3.8) is 0 Å². The third-order valence-electron chi connectivity index (χ3n) is 4.22. The monoisotopic (exact) mass is 432 g/mol. The van der Waals surface area contributed by atoms with Gasteiger partial charge in [-0.2, -0.15) is 0 Å². The van der Waals surface area contributed by atoms with Gasteiger partial charge in [0.05, 0.1) is 5.69 Å². The van der Waals surface area contributed by atoms with Crippen LogP contribution in [0, 0.1) is 0 Å². The van der Waals surface area contributed by atoms with Crippen molar-refractivity contribution in [3.8, 4) is 5.75 Å². The third kappa shape index (κ3) is 4.54. The van der Waals surface area contributed by atoms with Crippen LogP contribution in [0.25, 0.3) is 11.0 Å². The number of thiophene rings is 1. The van der Waals surface area contributed by atoms with Crippen LogP contribution in [0.5, 0.6) is 5.75 Å². The zero-order valence-corrected chi connectivity index (χ0v) is 16.1.